The van der Waals surface area contributed by atoms with Gasteiger partial charge in [-0.05, 0) is 17.7 Å². The molecule has 0 bridgehead atoms. The van der Waals surface area contributed by atoms with Crippen LogP contribution in [0.4, 0.5) is 17.1 Å². The van der Waals surface area contributed by atoms with Gasteiger partial charge >= 0.3 is 0 Å². The summed E-state index contributed by atoms with van der Waals surface area (Å²) in [5.74, 6) is -0.894. The number of nitro benzene ring substituents is 3. The molecule has 0 heterocycles. The van der Waals surface area contributed by atoms with E-state index in [0.717, 1.165) is 18.2 Å². The molecule has 2 rings (SSSR count). The third-order valence-electron chi connectivity index (χ3n) is 3.07. The Morgan fingerprint density at radius 2 is 1.35 bits per heavy atom. The number of carbonyl (C=O) groups is 1. The number of hydrazone groups is 1. The maximum absolute atomic E-state index is 12.0. The van der Waals surface area contributed by atoms with E-state index in [0.29, 0.717) is 5.56 Å². The van der Waals surface area contributed by atoms with Gasteiger partial charge in [-0.15, -0.1) is 0 Å². The van der Waals surface area contributed by atoms with E-state index in [2.05, 4.69) is 10.5 Å². The van der Waals surface area contributed by atoms with Crippen LogP contribution < -0.4 is 5.43 Å². The second kappa shape index (κ2) is 7.57. The summed E-state index contributed by atoms with van der Waals surface area (Å²) in [7, 11) is 0. The Balaban J connectivity index is 2.15. The van der Waals surface area contributed by atoms with Crippen molar-refractivity contribution in [2.24, 2.45) is 5.10 Å². The maximum Gasteiger partial charge on any atom is 0.277 e. The highest BCUT2D eigenvalue weighted by Gasteiger charge is 2.19. The van der Waals surface area contributed by atoms with Gasteiger partial charge in [-0.1, -0.05) is 0 Å². The molecule has 2 aromatic carbocycles. The SMILES string of the molecule is O=C(NN=Cc1ccc([N+](=O)[O-])cc1)c1cc([N+](=O)[O-])cc([N+](=O)[O-])c1. The number of nitrogens with zero attached hydrogens (tertiary/aromatic N) is 4. The fourth-order valence-corrected chi connectivity index (χ4v) is 1.85. The number of nitrogens with one attached hydrogen (secondary N) is 1. The third-order valence-corrected chi connectivity index (χ3v) is 3.07. The molecule has 132 valence electrons. The van der Waals surface area contributed by atoms with Crippen LogP contribution in [-0.2, 0) is 0 Å². The van der Waals surface area contributed by atoms with E-state index in [1.807, 2.05) is 0 Å². The van der Waals surface area contributed by atoms with Crippen LogP contribution in [0.25, 0.3) is 0 Å². The van der Waals surface area contributed by atoms with E-state index >= 15 is 0 Å². The first-order chi connectivity index (χ1) is 12.3. The lowest BCUT2D eigenvalue weighted by Crippen LogP contribution is -2.18. The van der Waals surface area contributed by atoms with E-state index in [9.17, 15) is 35.1 Å². The van der Waals surface area contributed by atoms with Crippen LogP contribution in [0, 0.1) is 30.3 Å². The molecule has 0 aliphatic carbocycles. The Kier molecular flexibility index (Phi) is 5.27. The Morgan fingerprint density at radius 1 is 0.846 bits per heavy atom. The molecule has 12 heteroatoms. The number of benzene rings is 2. The molecular formula is C14H9N5O7. The topological polar surface area (TPSA) is 171 Å². The zero-order chi connectivity index (χ0) is 19.3. The molecule has 0 radical (unpaired) electrons. The quantitative estimate of drug-likeness (QED) is 0.467. The van der Waals surface area contributed by atoms with Crippen molar-refractivity contribution in [2.75, 3.05) is 0 Å². The predicted octanol–water partition coefficient (Wildman–Crippen LogP) is 2.18. The molecule has 1 N–H and O–H groups in total. The maximum atomic E-state index is 12.0. The molecule has 0 aliphatic heterocycles. The molecule has 0 fully saturated rings. The Hall–Kier alpha value is -4.22. The van der Waals surface area contributed by atoms with Crippen LogP contribution >= 0.6 is 0 Å². The van der Waals surface area contributed by atoms with Crippen LogP contribution in [0.15, 0.2) is 47.6 Å². The van der Waals surface area contributed by atoms with E-state index in [1.54, 1.807) is 0 Å². The third kappa shape index (κ3) is 4.41. The van der Waals surface area contributed by atoms with Crippen LogP contribution in [-0.4, -0.2) is 26.9 Å². The summed E-state index contributed by atoms with van der Waals surface area (Å²) in [6.07, 6.45) is 1.19. The minimum atomic E-state index is -0.894. The van der Waals surface area contributed by atoms with E-state index in [-0.39, 0.29) is 11.3 Å². The molecular weight excluding hydrogens is 350 g/mol. The minimum Gasteiger partial charge on any atom is -0.267 e. The van der Waals surface area contributed by atoms with Crippen molar-refractivity contribution < 1.29 is 19.6 Å². The van der Waals surface area contributed by atoms with Gasteiger partial charge in [0.1, 0.15) is 0 Å². The van der Waals surface area contributed by atoms with Gasteiger partial charge in [-0.25, -0.2) is 5.43 Å². The summed E-state index contributed by atoms with van der Waals surface area (Å²) < 4.78 is 0. The van der Waals surface area contributed by atoms with Crippen molar-refractivity contribution in [1.82, 2.24) is 5.43 Å². The highest BCUT2D eigenvalue weighted by molar-refractivity contribution is 5.96. The lowest BCUT2D eigenvalue weighted by molar-refractivity contribution is -0.394. The predicted molar refractivity (Wildman–Crippen MR) is 87.9 cm³/mol. The van der Waals surface area contributed by atoms with Crippen LogP contribution in [0.2, 0.25) is 0 Å². The molecule has 1 amide bonds. The molecule has 0 unspecified atom stereocenters. The average molecular weight is 359 g/mol. The van der Waals surface area contributed by atoms with Gasteiger partial charge in [0.15, 0.2) is 0 Å². The molecule has 0 atom stereocenters. The second-order valence-electron chi connectivity index (χ2n) is 4.80. The van der Waals surface area contributed by atoms with Crippen LogP contribution in [0.1, 0.15) is 15.9 Å². The fraction of sp³-hybridized carbons (Fsp3) is 0. The normalized spacial score (nSPS) is 10.5. The van der Waals surface area contributed by atoms with Crippen molar-refractivity contribution in [2.45, 2.75) is 0 Å². The number of hydrogen-bond donors (Lipinski definition) is 1. The summed E-state index contributed by atoms with van der Waals surface area (Å²) in [5.41, 5.74) is 0.870. The minimum absolute atomic E-state index is 0.116. The van der Waals surface area contributed by atoms with Gasteiger partial charge in [0, 0.05) is 24.3 Å². The number of nitro groups is 3. The average Bonchev–Trinajstić information content (AvgIpc) is 2.61. The van der Waals surface area contributed by atoms with E-state index in [4.69, 9.17) is 0 Å². The monoisotopic (exact) mass is 359 g/mol. The van der Waals surface area contributed by atoms with E-state index in [1.165, 1.54) is 30.5 Å². The zero-order valence-corrected chi connectivity index (χ0v) is 12.8. The van der Waals surface area contributed by atoms with Crippen molar-refractivity contribution in [3.05, 3.63) is 83.9 Å². The molecule has 0 saturated heterocycles. The number of rotatable bonds is 6. The first-order valence-electron chi connectivity index (χ1n) is 6.79. The highest BCUT2D eigenvalue weighted by atomic mass is 16.6. The summed E-state index contributed by atoms with van der Waals surface area (Å²) in [6.45, 7) is 0. The first-order valence-corrected chi connectivity index (χ1v) is 6.79. The number of non-ortho nitro benzene ring substituents is 3. The number of carbonyl (C=O) groups excluding carboxylic acids is 1. The molecule has 26 heavy (non-hydrogen) atoms. The molecule has 2 aromatic rings. The van der Waals surface area contributed by atoms with E-state index < -0.39 is 32.1 Å². The molecule has 0 aromatic heterocycles. The van der Waals surface area contributed by atoms with Crippen molar-refractivity contribution >= 4 is 29.2 Å². The summed E-state index contributed by atoms with van der Waals surface area (Å²) in [5, 5.41) is 35.7. The molecule has 0 spiro atoms. The first kappa shape index (κ1) is 18.1. The van der Waals surface area contributed by atoms with Crippen LogP contribution in [0.5, 0.6) is 0 Å². The zero-order valence-electron chi connectivity index (χ0n) is 12.8. The lowest BCUT2D eigenvalue weighted by atomic mass is 10.1. The van der Waals surface area contributed by atoms with Crippen molar-refractivity contribution in [1.29, 1.82) is 0 Å². The van der Waals surface area contributed by atoms with Gasteiger partial charge in [0.2, 0.25) is 0 Å². The smallest absolute Gasteiger partial charge is 0.267 e. The second-order valence-corrected chi connectivity index (χ2v) is 4.80. The summed E-state index contributed by atoms with van der Waals surface area (Å²) in [6, 6.07) is 7.77. The van der Waals surface area contributed by atoms with Crippen molar-refractivity contribution in [3.63, 3.8) is 0 Å². The molecule has 12 nitrogen and oxygen atoms in total. The van der Waals surface area contributed by atoms with Crippen molar-refractivity contribution in [3.8, 4) is 0 Å². The van der Waals surface area contributed by atoms with Gasteiger partial charge in [0.05, 0.1) is 32.6 Å². The largest absolute Gasteiger partial charge is 0.277 e. The fourth-order valence-electron chi connectivity index (χ4n) is 1.85. The van der Waals surface area contributed by atoms with Crippen LogP contribution in [0.3, 0.4) is 0 Å². The Labute approximate surface area is 144 Å². The molecule has 0 saturated carbocycles. The molecule has 0 aliphatic rings. The number of hydrogen-bond acceptors (Lipinski definition) is 8. The van der Waals surface area contributed by atoms with Gasteiger partial charge < -0.3 is 0 Å². The lowest BCUT2D eigenvalue weighted by Gasteiger charge is -2.01. The standard InChI is InChI=1S/C14H9N5O7/c20-14(10-5-12(18(23)24)7-13(6-10)19(25)26)16-15-8-9-1-3-11(4-2-9)17(21)22/h1-8H,(H,16,20). The van der Waals surface area contributed by atoms with Gasteiger partial charge in [-0.2, -0.15) is 5.10 Å². The van der Waals surface area contributed by atoms with Gasteiger partial charge in [-0.3, -0.25) is 35.1 Å². The Bertz CT molecular complexity index is 892. The Morgan fingerprint density at radius 3 is 1.81 bits per heavy atom. The summed E-state index contributed by atoms with van der Waals surface area (Å²) in [4.78, 5) is 41.8. The summed E-state index contributed by atoms with van der Waals surface area (Å²) >= 11 is 0. The number of amides is 1. The van der Waals surface area contributed by atoms with Gasteiger partial charge in [0.25, 0.3) is 23.0 Å². The highest BCUT2D eigenvalue weighted by Crippen LogP contribution is 2.22.